The Balaban J connectivity index is 1.69. The molecule has 0 amide bonds. The lowest BCUT2D eigenvalue weighted by molar-refractivity contribution is 0.378. The van der Waals surface area contributed by atoms with Crippen molar-refractivity contribution in [2.24, 2.45) is 5.92 Å². The highest BCUT2D eigenvalue weighted by molar-refractivity contribution is 5.36. The van der Waals surface area contributed by atoms with Crippen LogP contribution in [0.4, 0.5) is 0 Å². The van der Waals surface area contributed by atoms with E-state index in [1.165, 1.54) is 24.0 Å². The Labute approximate surface area is 114 Å². The minimum Gasteiger partial charge on any atom is -0.309 e. The fourth-order valence-corrected chi connectivity index (χ4v) is 3.95. The molecule has 0 radical (unpaired) electrons. The number of fused-ring (bicyclic) bond motifs is 3. The summed E-state index contributed by atoms with van der Waals surface area (Å²) in [6.45, 7) is 1.12. The summed E-state index contributed by atoms with van der Waals surface area (Å²) in [4.78, 5) is 0. The van der Waals surface area contributed by atoms with Crippen molar-refractivity contribution in [1.29, 1.82) is 0 Å². The summed E-state index contributed by atoms with van der Waals surface area (Å²) in [5, 5.41) is 3.76. The van der Waals surface area contributed by atoms with Crippen molar-refractivity contribution in [2.75, 3.05) is 6.54 Å². The molecule has 1 N–H and O–H groups in total. The van der Waals surface area contributed by atoms with Crippen LogP contribution in [0.15, 0.2) is 54.6 Å². The Morgan fingerprint density at radius 3 is 2.58 bits per heavy atom. The molecule has 2 aromatic rings. The van der Waals surface area contributed by atoms with Crippen LogP contribution in [0.5, 0.6) is 0 Å². The van der Waals surface area contributed by atoms with Gasteiger partial charge in [-0.2, -0.15) is 0 Å². The average Bonchev–Trinajstić information content (AvgIpc) is 2.92. The smallest absolute Gasteiger partial charge is 0.0358 e. The molecule has 1 aliphatic carbocycles. The van der Waals surface area contributed by atoms with Crippen molar-refractivity contribution in [3.05, 3.63) is 71.3 Å². The van der Waals surface area contributed by atoms with Crippen LogP contribution in [-0.2, 0) is 6.42 Å². The highest BCUT2D eigenvalue weighted by Crippen LogP contribution is 2.46. The van der Waals surface area contributed by atoms with E-state index in [1.807, 2.05) is 0 Å². The maximum absolute atomic E-state index is 3.76. The topological polar surface area (TPSA) is 12.0 Å². The minimum atomic E-state index is 0.565. The van der Waals surface area contributed by atoms with Gasteiger partial charge in [0.05, 0.1) is 0 Å². The van der Waals surface area contributed by atoms with E-state index in [0.29, 0.717) is 12.0 Å². The van der Waals surface area contributed by atoms with Gasteiger partial charge in [0, 0.05) is 18.5 Å². The summed E-state index contributed by atoms with van der Waals surface area (Å²) in [6, 6.07) is 20.5. The molecule has 2 aliphatic rings. The molecule has 0 spiro atoms. The number of hydrogen-bond donors (Lipinski definition) is 1. The molecule has 1 heteroatoms. The van der Waals surface area contributed by atoms with Crippen molar-refractivity contribution < 1.29 is 0 Å². The maximum atomic E-state index is 3.76. The third-order valence-electron chi connectivity index (χ3n) is 4.87. The molecule has 4 rings (SSSR count). The van der Waals surface area contributed by atoms with Crippen LogP contribution in [0, 0.1) is 5.92 Å². The molecule has 0 aromatic heterocycles. The summed E-state index contributed by atoms with van der Waals surface area (Å²) in [7, 11) is 0. The Bertz CT molecular complexity index is 575. The third kappa shape index (κ3) is 1.81. The molecule has 1 aliphatic heterocycles. The van der Waals surface area contributed by atoms with E-state index >= 15 is 0 Å². The molecule has 0 saturated carbocycles. The predicted octanol–water partition coefficient (Wildman–Crippen LogP) is 3.68. The van der Waals surface area contributed by atoms with Crippen molar-refractivity contribution in [3.8, 4) is 0 Å². The van der Waals surface area contributed by atoms with Gasteiger partial charge in [0.1, 0.15) is 0 Å². The largest absolute Gasteiger partial charge is 0.309 e. The van der Waals surface area contributed by atoms with Crippen LogP contribution < -0.4 is 5.32 Å². The van der Waals surface area contributed by atoms with E-state index in [-0.39, 0.29) is 0 Å². The molecule has 19 heavy (non-hydrogen) atoms. The maximum Gasteiger partial charge on any atom is 0.0358 e. The molecule has 0 unspecified atom stereocenters. The molecular formula is C18H19N. The van der Waals surface area contributed by atoms with Gasteiger partial charge in [-0.05, 0) is 35.4 Å². The van der Waals surface area contributed by atoms with Crippen LogP contribution in [0.2, 0.25) is 0 Å². The number of rotatable bonds is 1. The van der Waals surface area contributed by atoms with Gasteiger partial charge in [-0.1, -0.05) is 54.6 Å². The Kier molecular flexibility index (Phi) is 2.66. The Morgan fingerprint density at radius 2 is 1.68 bits per heavy atom. The quantitative estimate of drug-likeness (QED) is 0.813. The summed E-state index contributed by atoms with van der Waals surface area (Å²) >= 11 is 0. The molecule has 0 bridgehead atoms. The van der Waals surface area contributed by atoms with Gasteiger partial charge in [-0.3, -0.25) is 0 Å². The van der Waals surface area contributed by atoms with Crippen molar-refractivity contribution >= 4 is 0 Å². The zero-order valence-electron chi connectivity index (χ0n) is 11.0. The standard InChI is InChI=1S/C18H19N/c1-2-6-13(7-3-1)17-12-19-18-15-9-5-4-8-14(15)10-11-16(17)18/h1-9,16-19H,10-12H2/t16-,17-,18-/m0/s1. The number of hydrogen-bond acceptors (Lipinski definition) is 1. The summed E-state index contributed by atoms with van der Waals surface area (Å²) < 4.78 is 0. The first kappa shape index (κ1) is 11.2. The molecule has 96 valence electrons. The summed E-state index contributed by atoms with van der Waals surface area (Å²) in [5.74, 6) is 1.44. The first-order valence-corrected chi connectivity index (χ1v) is 7.29. The third-order valence-corrected chi connectivity index (χ3v) is 4.87. The second-order valence-electron chi connectivity index (χ2n) is 5.80. The predicted molar refractivity (Wildman–Crippen MR) is 78.2 cm³/mol. The Morgan fingerprint density at radius 1 is 0.895 bits per heavy atom. The minimum absolute atomic E-state index is 0.565. The van der Waals surface area contributed by atoms with Crippen molar-refractivity contribution in [3.63, 3.8) is 0 Å². The molecule has 2 aromatic carbocycles. The van der Waals surface area contributed by atoms with E-state index in [0.717, 1.165) is 12.5 Å². The van der Waals surface area contributed by atoms with Crippen molar-refractivity contribution in [1.82, 2.24) is 5.32 Å². The van der Waals surface area contributed by atoms with Crippen LogP contribution >= 0.6 is 0 Å². The molecule has 1 nitrogen and oxygen atoms in total. The number of aryl methyl sites for hydroxylation is 1. The van der Waals surface area contributed by atoms with Gasteiger partial charge in [0.15, 0.2) is 0 Å². The zero-order chi connectivity index (χ0) is 12.7. The lowest BCUT2D eigenvalue weighted by Crippen LogP contribution is -2.24. The normalized spacial score (nSPS) is 28.7. The molecule has 1 saturated heterocycles. The first-order valence-electron chi connectivity index (χ1n) is 7.29. The summed E-state index contributed by atoms with van der Waals surface area (Å²) in [5.41, 5.74) is 4.59. The highest BCUT2D eigenvalue weighted by atomic mass is 15.0. The molecule has 1 heterocycles. The van der Waals surface area contributed by atoms with Gasteiger partial charge >= 0.3 is 0 Å². The van der Waals surface area contributed by atoms with Crippen LogP contribution in [0.1, 0.15) is 35.1 Å². The van der Waals surface area contributed by atoms with Gasteiger partial charge in [0.2, 0.25) is 0 Å². The number of nitrogens with one attached hydrogen (secondary N) is 1. The van der Waals surface area contributed by atoms with Gasteiger partial charge in [-0.25, -0.2) is 0 Å². The van der Waals surface area contributed by atoms with E-state index < -0.39 is 0 Å². The SMILES string of the molecule is c1ccc([C@@H]2CN[C@H]3c4ccccc4CC[C@@H]23)cc1. The lowest BCUT2D eigenvalue weighted by atomic mass is 9.74. The van der Waals surface area contributed by atoms with Gasteiger partial charge in [0.25, 0.3) is 0 Å². The zero-order valence-corrected chi connectivity index (χ0v) is 11.0. The Hall–Kier alpha value is -1.60. The fraction of sp³-hybridized carbons (Fsp3) is 0.333. The van der Waals surface area contributed by atoms with Gasteiger partial charge in [-0.15, -0.1) is 0 Å². The van der Waals surface area contributed by atoms with Crippen LogP contribution in [0.25, 0.3) is 0 Å². The highest BCUT2D eigenvalue weighted by Gasteiger charge is 2.40. The van der Waals surface area contributed by atoms with Gasteiger partial charge < -0.3 is 5.32 Å². The van der Waals surface area contributed by atoms with E-state index in [9.17, 15) is 0 Å². The molecule has 1 fully saturated rings. The molecule has 3 atom stereocenters. The lowest BCUT2D eigenvalue weighted by Gasteiger charge is -2.31. The monoisotopic (exact) mass is 249 g/mol. The van der Waals surface area contributed by atoms with Crippen LogP contribution in [0.3, 0.4) is 0 Å². The van der Waals surface area contributed by atoms with Crippen LogP contribution in [-0.4, -0.2) is 6.54 Å². The number of benzene rings is 2. The van der Waals surface area contributed by atoms with E-state index in [2.05, 4.69) is 59.9 Å². The summed E-state index contributed by atoms with van der Waals surface area (Å²) in [6.07, 6.45) is 2.55. The average molecular weight is 249 g/mol. The first-order chi connectivity index (χ1) is 9.43. The van der Waals surface area contributed by atoms with Crippen molar-refractivity contribution in [2.45, 2.75) is 24.8 Å². The second kappa shape index (κ2) is 4.50. The van der Waals surface area contributed by atoms with E-state index in [1.54, 1.807) is 5.56 Å². The molecular weight excluding hydrogens is 230 g/mol. The second-order valence-corrected chi connectivity index (χ2v) is 5.80. The fourth-order valence-electron chi connectivity index (χ4n) is 3.95. The van der Waals surface area contributed by atoms with E-state index in [4.69, 9.17) is 0 Å².